The summed E-state index contributed by atoms with van der Waals surface area (Å²) in [7, 11) is -3.67. The largest absolute Gasteiger partial charge is 0.448 e. The Morgan fingerprint density at radius 1 is 1.15 bits per heavy atom. The number of hydrogen-bond acceptors (Lipinski definition) is 4. The lowest BCUT2D eigenvalue weighted by Gasteiger charge is -2.09. The first-order valence-corrected chi connectivity index (χ1v) is 7.39. The first-order valence-electron chi connectivity index (χ1n) is 5.90. The molecule has 0 saturated heterocycles. The Morgan fingerprint density at radius 3 is 2.60 bits per heavy atom. The smallest absolute Gasteiger partial charge is 0.404 e. The van der Waals surface area contributed by atoms with Crippen molar-refractivity contribution >= 4 is 26.9 Å². The highest BCUT2D eigenvalue weighted by molar-refractivity contribution is 7.89. The minimum absolute atomic E-state index is 0.0332. The van der Waals surface area contributed by atoms with E-state index in [2.05, 4.69) is 9.46 Å². The fourth-order valence-corrected chi connectivity index (χ4v) is 3.08. The van der Waals surface area contributed by atoms with E-state index in [-0.39, 0.29) is 18.0 Å². The summed E-state index contributed by atoms with van der Waals surface area (Å²) < 4.78 is 31.3. The number of carbonyl (C=O) groups is 1. The molecule has 2 rings (SSSR count). The molecule has 0 radical (unpaired) electrons. The van der Waals surface area contributed by atoms with Crippen LogP contribution in [0.1, 0.15) is 0 Å². The standard InChI is InChI=1S/C13H14N2O4S/c14-13(16)19-9-8-15-20(17,18)12-7-3-5-10-4-1-2-6-11(10)12/h1-7,15H,8-9H2,(H2,14,16). The molecule has 1 amide bonds. The third kappa shape index (κ3) is 3.25. The van der Waals surface area contributed by atoms with Crippen LogP contribution in [-0.4, -0.2) is 27.7 Å². The quantitative estimate of drug-likeness (QED) is 0.810. The number of rotatable bonds is 5. The van der Waals surface area contributed by atoms with Gasteiger partial charge in [0.15, 0.2) is 0 Å². The molecule has 3 N–H and O–H groups in total. The van der Waals surface area contributed by atoms with Gasteiger partial charge in [-0.15, -0.1) is 0 Å². The van der Waals surface area contributed by atoms with Crippen molar-refractivity contribution in [3.63, 3.8) is 0 Å². The summed E-state index contributed by atoms with van der Waals surface area (Å²) in [5.41, 5.74) is 4.79. The second-order valence-corrected chi connectivity index (χ2v) is 5.78. The lowest BCUT2D eigenvalue weighted by molar-refractivity contribution is 0.159. The van der Waals surface area contributed by atoms with Crippen LogP contribution in [0.25, 0.3) is 10.8 Å². The van der Waals surface area contributed by atoms with E-state index in [4.69, 9.17) is 5.73 Å². The van der Waals surface area contributed by atoms with Crippen molar-refractivity contribution in [2.24, 2.45) is 5.73 Å². The molecule has 7 heteroatoms. The van der Waals surface area contributed by atoms with Crippen molar-refractivity contribution in [1.29, 1.82) is 0 Å². The number of sulfonamides is 1. The summed E-state index contributed by atoms with van der Waals surface area (Å²) in [6, 6.07) is 12.2. The van der Waals surface area contributed by atoms with Crippen molar-refractivity contribution in [2.45, 2.75) is 4.90 Å². The minimum atomic E-state index is -3.67. The highest BCUT2D eigenvalue weighted by atomic mass is 32.2. The summed E-state index contributed by atoms with van der Waals surface area (Å²) in [6.07, 6.45) is -0.936. The Labute approximate surface area is 116 Å². The molecule has 20 heavy (non-hydrogen) atoms. The van der Waals surface area contributed by atoms with Crippen LogP contribution in [0.3, 0.4) is 0 Å². The number of benzene rings is 2. The van der Waals surface area contributed by atoms with Crippen molar-refractivity contribution in [1.82, 2.24) is 4.72 Å². The SMILES string of the molecule is NC(=O)OCCNS(=O)(=O)c1cccc2ccccc12. The highest BCUT2D eigenvalue weighted by Crippen LogP contribution is 2.22. The molecule has 106 valence electrons. The van der Waals surface area contributed by atoms with Crippen LogP contribution in [-0.2, 0) is 14.8 Å². The Morgan fingerprint density at radius 2 is 1.85 bits per heavy atom. The summed E-state index contributed by atoms with van der Waals surface area (Å²) in [5.74, 6) is 0. The zero-order valence-corrected chi connectivity index (χ0v) is 11.4. The Bertz CT molecular complexity index is 723. The normalized spacial score (nSPS) is 11.4. The number of nitrogens with two attached hydrogens (primary N) is 1. The average Bonchev–Trinajstić information content (AvgIpc) is 2.43. The molecule has 0 heterocycles. The number of amides is 1. The number of nitrogens with one attached hydrogen (secondary N) is 1. The maximum atomic E-state index is 12.2. The van der Waals surface area contributed by atoms with E-state index in [1.54, 1.807) is 18.2 Å². The summed E-state index contributed by atoms with van der Waals surface area (Å²) in [4.78, 5) is 10.6. The fraction of sp³-hybridized carbons (Fsp3) is 0.154. The van der Waals surface area contributed by atoms with E-state index in [9.17, 15) is 13.2 Å². The molecule has 0 aliphatic rings. The molecule has 0 bridgehead atoms. The van der Waals surface area contributed by atoms with Crippen molar-refractivity contribution < 1.29 is 17.9 Å². The molecule has 0 spiro atoms. The third-order valence-corrected chi connectivity index (χ3v) is 4.20. The summed E-state index contributed by atoms with van der Waals surface area (Å²) in [6.45, 7) is -0.145. The molecule has 0 aromatic heterocycles. The van der Waals surface area contributed by atoms with Crippen LogP contribution in [0.5, 0.6) is 0 Å². The van der Waals surface area contributed by atoms with Gasteiger partial charge in [0, 0.05) is 11.9 Å². The van der Waals surface area contributed by atoms with Crippen LogP contribution in [0, 0.1) is 0 Å². The molecule has 6 nitrogen and oxygen atoms in total. The highest BCUT2D eigenvalue weighted by Gasteiger charge is 2.16. The molecule has 2 aromatic carbocycles. The van der Waals surface area contributed by atoms with Gasteiger partial charge in [0.1, 0.15) is 6.61 Å². The van der Waals surface area contributed by atoms with Gasteiger partial charge in [0.2, 0.25) is 10.0 Å². The predicted molar refractivity (Wildman–Crippen MR) is 74.7 cm³/mol. The number of carbonyl (C=O) groups excluding carboxylic acids is 1. The van der Waals surface area contributed by atoms with Gasteiger partial charge in [-0.2, -0.15) is 0 Å². The van der Waals surface area contributed by atoms with E-state index in [1.807, 2.05) is 18.2 Å². The monoisotopic (exact) mass is 294 g/mol. The van der Waals surface area contributed by atoms with Crippen LogP contribution >= 0.6 is 0 Å². The Hall–Kier alpha value is -2.12. The van der Waals surface area contributed by atoms with Gasteiger partial charge < -0.3 is 10.5 Å². The Balaban J connectivity index is 2.21. The number of hydrogen-bond donors (Lipinski definition) is 2. The van der Waals surface area contributed by atoms with Gasteiger partial charge >= 0.3 is 6.09 Å². The lowest BCUT2D eigenvalue weighted by atomic mass is 10.1. The predicted octanol–water partition coefficient (Wildman–Crippen LogP) is 1.21. The molecule has 0 aliphatic heterocycles. The average molecular weight is 294 g/mol. The zero-order valence-electron chi connectivity index (χ0n) is 10.6. The molecule has 0 aliphatic carbocycles. The van der Waals surface area contributed by atoms with Crippen LogP contribution in [0.4, 0.5) is 4.79 Å². The van der Waals surface area contributed by atoms with E-state index in [0.717, 1.165) is 5.39 Å². The fourth-order valence-electron chi connectivity index (χ4n) is 1.84. The molecular weight excluding hydrogens is 280 g/mol. The zero-order chi connectivity index (χ0) is 14.6. The van der Waals surface area contributed by atoms with E-state index in [1.165, 1.54) is 6.07 Å². The molecule has 0 unspecified atom stereocenters. The van der Waals surface area contributed by atoms with E-state index < -0.39 is 16.1 Å². The second-order valence-electron chi connectivity index (χ2n) is 4.04. The maximum absolute atomic E-state index is 12.2. The first-order chi connectivity index (χ1) is 9.50. The van der Waals surface area contributed by atoms with Gasteiger partial charge in [0.05, 0.1) is 4.90 Å². The van der Waals surface area contributed by atoms with Gasteiger partial charge in [-0.25, -0.2) is 17.9 Å². The third-order valence-electron chi connectivity index (χ3n) is 2.68. The van der Waals surface area contributed by atoms with Gasteiger partial charge in [-0.05, 0) is 11.5 Å². The summed E-state index contributed by atoms with van der Waals surface area (Å²) in [5, 5.41) is 1.47. The summed E-state index contributed by atoms with van der Waals surface area (Å²) >= 11 is 0. The van der Waals surface area contributed by atoms with Crippen molar-refractivity contribution in [2.75, 3.05) is 13.2 Å². The number of fused-ring (bicyclic) bond motifs is 1. The molecular formula is C13H14N2O4S. The van der Waals surface area contributed by atoms with Crippen LogP contribution in [0.15, 0.2) is 47.4 Å². The van der Waals surface area contributed by atoms with Gasteiger partial charge in [-0.3, -0.25) is 0 Å². The Kier molecular flexibility index (Phi) is 4.21. The van der Waals surface area contributed by atoms with Crippen molar-refractivity contribution in [3.8, 4) is 0 Å². The van der Waals surface area contributed by atoms with Gasteiger partial charge in [0.25, 0.3) is 0 Å². The molecule has 2 aromatic rings. The number of ether oxygens (including phenoxy) is 1. The van der Waals surface area contributed by atoms with E-state index in [0.29, 0.717) is 5.39 Å². The molecule has 0 saturated carbocycles. The topological polar surface area (TPSA) is 98.5 Å². The maximum Gasteiger partial charge on any atom is 0.404 e. The first kappa shape index (κ1) is 14.3. The lowest BCUT2D eigenvalue weighted by Crippen LogP contribution is -2.29. The second kappa shape index (κ2) is 5.89. The van der Waals surface area contributed by atoms with Gasteiger partial charge in [-0.1, -0.05) is 36.4 Å². The van der Waals surface area contributed by atoms with Crippen LogP contribution in [0.2, 0.25) is 0 Å². The van der Waals surface area contributed by atoms with Crippen molar-refractivity contribution in [3.05, 3.63) is 42.5 Å². The molecule has 0 fully saturated rings. The van der Waals surface area contributed by atoms with Crippen LogP contribution < -0.4 is 10.5 Å². The van der Waals surface area contributed by atoms with E-state index >= 15 is 0 Å². The minimum Gasteiger partial charge on any atom is -0.448 e. The molecule has 0 atom stereocenters. The number of primary amides is 1.